The molecule has 0 heterocycles. The fourth-order valence-electron chi connectivity index (χ4n) is 1.81. The molecule has 4 heteroatoms. The second-order valence-electron chi connectivity index (χ2n) is 4.20. The number of carbonyl (C=O) groups excluding carboxylic acids is 1. The van der Waals surface area contributed by atoms with E-state index in [1.807, 2.05) is 0 Å². The number of hydrogen-bond acceptors (Lipinski definition) is 3. The fraction of sp³-hybridized carbons (Fsp3) is 0.818. The van der Waals surface area contributed by atoms with Gasteiger partial charge in [0.05, 0.1) is 12.3 Å². The van der Waals surface area contributed by atoms with Crippen LogP contribution >= 0.6 is 0 Å². The zero-order chi connectivity index (χ0) is 11.3. The largest absolute Gasteiger partial charge is 0.481 e. The molecule has 1 saturated carbocycles. The van der Waals surface area contributed by atoms with Gasteiger partial charge in [-0.15, -0.1) is 0 Å². The molecule has 0 spiro atoms. The zero-order valence-electron chi connectivity index (χ0n) is 9.07. The Morgan fingerprint density at radius 1 is 1.33 bits per heavy atom. The maximum Gasteiger partial charge on any atom is 0.309 e. The van der Waals surface area contributed by atoms with Crippen LogP contribution in [0.25, 0.3) is 0 Å². The maximum absolute atomic E-state index is 11.5. The second-order valence-corrected chi connectivity index (χ2v) is 4.20. The normalized spacial score (nSPS) is 19.5. The van der Waals surface area contributed by atoms with E-state index in [2.05, 4.69) is 0 Å². The first-order valence-corrected chi connectivity index (χ1v) is 5.52. The van der Waals surface area contributed by atoms with E-state index in [0.717, 1.165) is 25.7 Å². The summed E-state index contributed by atoms with van der Waals surface area (Å²) in [6.07, 6.45) is 5.13. The predicted octanol–water partition coefficient (Wildman–Crippen LogP) is 1.97. The van der Waals surface area contributed by atoms with E-state index in [1.54, 1.807) is 6.92 Å². The number of carboxylic acids is 1. The first-order chi connectivity index (χ1) is 7.09. The molecule has 1 aliphatic carbocycles. The average Bonchev–Trinajstić information content (AvgIpc) is 2.18. The molecule has 0 aromatic heterocycles. The Morgan fingerprint density at radius 3 is 2.47 bits per heavy atom. The summed E-state index contributed by atoms with van der Waals surface area (Å²) >= 11 is 0. The van der Waals surface area contributed by atoms with E-state index in [1.165, 1.54) is 6.42 Å². The van der Waals surface area contributed by atoms with E-state index in [9.17, 15) is 9.59 Å². The molecule has 0 amide bonds. The van der Waals surface area contributed by atoms with Crippen molar-refractivity contribution in [3.8, 4) is 0 Å². The van der Waals surface area contributed by atoms with Crippen molar-refractivity contribution >= 4 is 11.9 Å². The molecule has 86 valence electrons. The zero-order valence-corrected chi connectivity index (χ0v) is 9.07. The summed E-state index contributed by atoms with van der Waals surface area (Å²) in [6, 6.07) is 0. The van der Waals surface area contributed by atoms with Gasteiger partial charge in [0.2, 0.25) is 0 Å². The lowest BCUT2D eigenvalue weighted by Gasteiger charge is -2.23. The molecular weight excluding hydrogens is 196 g/mol. The van der Waals surface area contributed by atoms with Gasteiger partial charge in [-0.2, -0.15) is 0 Å². The van der Waals surface area contributed by atoms with Crippen molar-refractivity contribution in [2.75, 3.05) is 0 Å². The van der Waals surface area contributed by atoms with Crippen LogP contribution in [0.2, 0.25) is 0 Å². The number of hydrogen-bond donors (Lipinski definition) is 1. The first kappa shape index (κ1) is 12.0. The van der Waals surface area contributed by atoms with Crippen LogP contribution in [0.1, 0.15) is 45.4 Å². The van der Waals surface area contributed by atoms with Crippen LogP contribution in [0, 0.1) is 5.92 Å². The highest BCUT2D eigenvalue weighted by Gasteiger charge is 2.23. The molecule has 4 nitrogen and oxygen atoms in total. The van der Waals surface area contributed by atoms with Crippen molar-refractivity contribution in [1.29, 1.82) is 0 Å². The third-order valence-corrected chi connectivity index (χ3v) is 2.72. The molecule has 1 rings (SSSR count). The van der Waals surface area contributed by atoms with E-state index >= 15 is 0 Å². The lowest BCUT2D eigenvalue weighted by molar-refractivity contribution is -0.158. The van der Waals surface area contributed by atoms with Crippen LogP contribution in [-0.2, 0) is 14.3 Å². The highest BCUT2D eigenvalue weighted by Crippen LogP contribution is 2.21. The van der Waals surface area contributed by atoms with Crippen molar-refractivity contribution in [3.63, 3.8) is 0 Å². The van der Waals surface area contributed by atoms with Crippen molar-refractivity contribution in [1.82, 2.24) is 0 Å². The monoisotopic (exact) mass is 214 g/mol. The van der Waals surface area contributed by atoms with Crippen LogP contribution in [0.4, 0.5) is 0 Å². The van der Waals surface area contributed by atoms with Crippen LogP contribution in [0.3, 0.4) is 0 Å². The van der Waals surface area contributed by atoms with Gasteiger partial charge in [-0.1, -0.05) is 13.3 Å². The smallest absolute Gasteiger partial charge is 0.309 e. The predicted molar refractivity (Wildman–Crippen MR) is 54.4 cm³/mol. The Morgan fingerprint density at radius 2 is 1.93 bits per heavy atom. The quantitative estimate of drug-likeness (QED) is 0.727. The van der Waals surface area contributed by atoms with E-state index in [0.29, 0.717) is 0 Å². The van der Waals surface area contributed by atoms with Crippen LogP contribution in [0.5, 0.6) is 0 Å². The SMILES string of the molecule is CC(CC(=O)O)C(=O)OC1CCCCC1. The Kier molecular flexibility index (Phi) is 4.59. The maximum atomic E-state index is 11.5. The number of rotatable bonds is 4. The topological polar surface area (TPSA) is 63.6 Å². The molecule has 15 heavy (non-hydrogen) atoms. The minimum atomic E-state index is -0.955. The van der Waals surface area contributed by atoms with Crippen LogP contribution in [0.15, 0.2) is 0 Å². The van der Waals surface area contributed by atoms with Crippen molar-refractivity contribution in [2.24, 2.45) is 5.92 Å². The summed E-state index contributed by atoms with van der Waals surface area (Å²) in [5, 5.41) is 8.53. The lowest BCUT2D eigenvalue weighted by atomic mass is 9.97. The molecule has 0 aliphatic heterocycles. The molecular formula is C11H18O4. The number of esters is 1. The number of ether oxygens (including phenoxy) is 1. The Labute approximate surface area is 89.6 Å². The summed E-state index contributed by atoms with van der Waals surface area (Å²) in [4.78, 5) is 21.9. The summed E-state index contributed by atoms with van der Waals surface area (Å²) in [5.74, 6) is -1.86. The van der Waals surface area contributed by atoms with Gasteiger partial charge in [-0.25, -0.2) is 0 Å². The van der Waals surface area contributed by atoms with E-state index in [4.69, 9.17) is 9.84 Å². The highest BCUT2D eigenvalue weighted by atomic mass is 16.5. The fourth-order valence-corrected chi connectivity index (χ4v) is 1.81. The third kappa shape index (κ3) is 4.32. The Bertz CT molecular complexity index is 231. The number of aliphatic carboxylic acids is 1. The minimum absolute atomic E-state index is 0.0162. The second kappa shape index (κ2) is 5.73. The molecule has 1 N–H and O–H groups in total. The van der Waals surface area contributed by atoms with Crippen LogP contribution < -0.4 is 0 Å². The molecule has 1 fully saturated rings. The molecule has 1 unspecified atom stereocenters. The average molecular weight is 214 g/mol. The van der Waals surface area contributed by atoms with E-state index in [-0.39, 0.29) is 18.5 Å². The van der Waals surface area contributed by atoms with Gasteiger partial charge in [-0.05, 0) is 25.7 Å². The molecule has 1 atom stereocenters. The number of carboxylic acid groups (broad SMARTS) is 1. The molecule has 0 radical (unpaired) electrons. The minimum Gasteiger partial charge on any atom is -0.481 e. The van der Waals surface area contributed by atoms with Crippen molar-refractivity contribution < 1.29 is 19.4 Å². The van der Waals surface area contributed by atoms with Gasteiger partial charge in [0.15, 0.2) is 0 Å². The van der Waals surface area contributed by atoms with E-state index < -0.39 is 11.9 Å². The number of carbonyl (C=O) groups is 2. The Hall–Kier alpha value is -1.06. The first-order valence-electron chi connectivity index (χ1n) is 5.52. The molecule has 0 bridgehead atoms. The third-order valence-electron chi connectivity index (χ3n) is 2.72. The van der Waals surface area contributed by atoms with Gasteiger partial charge in [0, 0.05) is 0 Å². The molecule has 0 saturated heterocycles. The highest BCUT2D eigenvalue weighted by molar-refractivity contribution is 5.78. The summed E-state index contributed by atoms with van der Waals surface area (Å²) in [5.41, 5.74) is 0. The molecule has 1 aliphatic rings. The van der Waals surface area contributed by atoms with Gasteiger partial charge in [-0.3, -0.25) is 9.59 Å². The van der Waals surface area contributed by atoms with Crippen molar-refractivity contribution in [2.45, 2.75) is 51.6 Å². The van der Waals surface area contributed by atoms with Gasteiger partial charge in [0.25, 0.3) is 0 Å². The van der Waals surface area contributed by atoms with Gasteiger partial charge >= 0.3 is 11.9 Å². The lowest BCUT2D eigenvalue weighted by Crippen LogP contribution is -2.25. The standard InChI is InChI=1S/C11H18O4/c1-8(7-10(12)13)11(14)15-9-5-3-2-4-6-9/h8-9H,2-7H2,1H3,(H,12,13). The molecule has 0 aromatic rings. The Balaban J connectivity index is 2.30. The van der Waals surface area contributed by atoms with Gasteiger partial charge < -0.3 is 9.84 Å². The summed E-state index contributed by atoms with van der Waals surface area (Å²) in [7, 11) is 0. The summed E-state index contributed by atoms with van der Waals surface area (Å²) in [6.45, 7) is 1.60. The van der Waals surface area contributed by atoms with Gasteiger partial charge in [0.1, 0.15) is 6.10 Å². The molecule has 0 aromatic carbocycles. The summed E-state index contributed by atoms with van der Waals surface area (Å²) < 4.78 is 5.25. The van der Waals surface area contributed by atoms with Crippen molar-refractivity contribution in [3.05, 3.63) is 0 Å². The van der Waals surface area contributed by atoms with Crippen LogP contribution in [-0.4, -0.2) is 23.1 Å².